The number of aryl methyl sites for hydroxylation is 1. The van der Waals surface area contributed by atoms with Crippen molar-refractivity contribution in [3.05, 3.63) is 47.7 Å². The first-order chi connectivity index (χ1) is 10.8. The molecule has 3 saturated heterocycles. The summed E-state index contributed by atoms with van der Waals surface area (Å²) in [6.07, 6.45) is 7.13. The van der Waals surface area contributed by atoms with Gasteiger partial charge in [0, 0.05) is 18.2 Å². The van der Waals surface area contributed by atoms with E-state index < -0.39 is 0 Å². The Labute approximate surface area is 143 Å². The standard InChI is InChI=1S/C19H22N2O.ClH/c1-14-2-4-16(5-3-14)19-12-18(22-20-19)7-6-17-13-21-10-8-15(17)9-11-21;/h2-7,12,15,17H,8-11,13H2,1H3;1H. The monoisotopic (exact) mass is 330 g/mol. The number of nitrogens with zero attached hydrogens (tertiary/aromatic N) is 2. The summed E-state index contributed by atoms with van der Waals surface area (Å²) in [5.41, 5.74) is 3.28. The molecule has 3 nitrogen and oxygen atoms in total. The molecule has 2 aromatic rings. The van der Waals surface area contributed by atoms with Crippen LogP contribution in [0.25, 0.3) is 17.3 Å². The zero-order chi connectivity index (χ0) is 14.9. The molecule has 4 heteroatoms. The van der Waals surface area contributed by atoms with Crippen LogP contribution in [0.4, 0.5) is 0 Å². The molecule has 3 aliphatic rings. The maximum atomic E-state index is 5.47. The second-order valence-electron chi connectivity index (χ2n) is 6.64. The van der Waals surface area contributed by atoms with Gasteiger partial charge in [0.1, 0.15) is 5.69 Å². The molecule has 122 valence electrons. The molecule has 1 aromatic heterocycles. The van der Waals surface area contributed by atoms with E-state index in [4.69, 9.17) is 4.52 Å². The van der Waals surface area contributed by atoms with Crippen molar-refractivity contribution in [3.63, 3.8) is 0 Å². The Morgan fingerprint density at radius 3 is 2.57 bits per heavy atom. The average molecular weight is 331 g/mol. The van der Waals surface area contributed by atoms with E-state index in [0.29, 0.717) is 5.92 Å². The second kappa shape index (κ2) is 6.90. The summed E-state index contributed by atoms with van der Waals surface area (Å²) < 4.78 is 5.47. The minimum atomic E-state index is 0. The maximum Gasteiger partial charge on any atom is 0.159 e. The van der Waals surface area contributed by atoms with Crippen molar-refractivity contribution in [3.8, 4) is 11.3 Å². The van der Waals surface area contributed by atoms with Crippen LogP contribution in [-0.2, 0) is 0 Å². The van der Waals surface area contributed by atoms with Gasteiger partial charge in [-0.05, 0) is 50.8 Å². The predicted molar refractivity (Wildman–Crippen MR) is 95.6 cm³/mol. The van der Waals surface area contributed by atoms with E-state index >= 15 is 0 Å². The number of rotatable bonds is 3. The summed E-state index contributed by atoms with van der Waals surface area (Å²) in [5.74, 6) is 2.39. The fourth-order valence-corrected chi connectivity index (χ4v) is 3.68. The van der Waals surface area contributed by atoms with Gasteiger partial charge in [-0.15, -0.1) is 12.4 Å². The zero-order valence-corrected chi connectivity index (χ0v) is 14.3. The van der Waals surface area contributed by atoms with Gasteiger partial charge in [0.15, 0.2) is 5.76 Å². The van der Waals surface area contributed by atoms with Crippen molar-refractivity contribution in [1.82, 2.24) is 10.1 Å². The van der Waals surface area contributed by atoms with Crippen molar-refractivity contribution < 1.29 is 4.52 Å². The van der Waals surface area contributed by atoms with Crippen LogP contribution in [0.1, 0.15) is 24.2 Å². The van der Waals surface area contributed by atoms with E-state index in [0.717, 1.165) is 22.9 Å². The highest BCUT2D eigenvalue weighted by atomic mass is 35.5. The van der Waals surface area contributed by atoms with Gasteiger partial charge in [-0.3, -0.25) is 0 Å². The number of halogens is 1. The van der Waals surface area contributed by atoms with Gasteiger partial charge in [-0.25, -0.2) is 0 Å². The topological polar surface area (TPSA) is 29.3 Å². The summed E-state index contributed by atoms with van der Waals surface area (Å²) in [4.78, 5) is 2.58. The first-order valence-corrected chi connectivity index (χ1v) is 8.22. The van der Waals surface area contributed by atoms with Crippen LogP contribution in [0.3, 0.4) is 0 Å². The average Bonchev–Trinajstić information content (AvgIpc) is 3.04. The van der Waals surface area contributed by atoms with Crippen LogP contribution in [0.5, 0.6) is 0 Å². The molecule has 0 aliphatic carbocycles. The molecule has 3 fully saturated rings. The third kappa shape index (κ3) is 3.51. The van der Waals surface area contributed by atoms with Gasteiger partial charge < -0.3 is 9.42 Å². The van der Waals surface area contributed by atoms with Crippen molar-refractivity contribution in [2.75, 3.05) is 19.6 Å². The maximum absolute atomic E-state index is 5.47. The third-order valence-electron chi connectivity index (χ3n) is 5.09. The molecule has 0 N–H and O–H groups in total. The lowest BCUT2D eigenvalue weighted by Crippen LogP contribution is -2.46. The second-order valence-corrected chi connectivity index (χ2v) is 6.64. The van der Waals surface area contributed by atoms with Gasteiger partial charge in [0.05, 0.1) is 0 Å². The molecular formula is C19H23ClN2O. The van der Waals surface area contributed by atoms with E-state index in [1.54, 1.807) is 0 Å². The summed E-state index contributed by atoms with van der Waals surface area (Å²) in [7, 11) is 0. The van der Waals surface area contributed by atoms with Crippen LogP contribution < -0.4 is 0 Å². The summed E-state index contributed by atoms with van der Waals surface area (Å²) >= 11 is 0. The minimum absolute atomic E-state index is 0. The molecule has 1 atom stereocenters. The molecule has 0 spiro atoms. The molecule has 0 amide bonds. The Balaban J connectivity index is 0.00000156. The summed E-state index contributed by atoms with van der Waals surface area (Å²) in [5, 5.41) is 4.19. The number of benzene rings is 1. The molecule has 2 bridgehead atoms. The number of aromatic nitrogens is 1. The Hall–Kier alpha value is -1.58. The van der Waals surface area contributed by atoms with Gasteiger partial charge >= 0.3 is 0 Å². The van der Waals surface area contributed by atoms with Gasteiger partial charge in [-0.2, -0.15) is 0 Å². The Morgan fingerprint density at radius 2 is 1.91 bits per heavy atom. The largest absolute Gasteiger partial charge is 0.356 e. The van der Waals surface area contributed by atoms with E-state index in [1.165, 1.54) is 38.0 Å². The molecule has 4 heterocycles. The molecule has 1 aromatic carbocycles. The van der Waals surface area contributed by atoms with Crippen molar-refractivity contribution in [1.29, 1.82) is 0 Å². The van der Waals surface area contributed by atoms with Crippen molar-refractivity contribution >= 4 is 18.5 Å². The minimum Gasteiger partial charge on any atom is -0.356 e. The van der Waals surface area contributed by atoms with Crippen LogP contribution in [0.2, 0.25) is 0 Å². The number of hydrogen-bond acceptors (Lipinski definition) is 3. The quantitative estimate of drug-likeness (QED) is 0.834. The summed E-state index contributed by atoms with van der Waals surface area (Å²) in [6.45, 7) is 5.87. The van der Waals surface area contributed by atoms with E-state index in [9.17, 15) is 0 Å². The first kappa shape index (κ1) is 16.3. The first-order valence-electron chi connectivity index (χ1n) is 8.22. The van der Waals surface area contributed by atoms with E-state index in [2.05, 4.69) is 53.4 Å². The van der Waals surface area contributed by atoms with Crippen molar-refractivity contribution in [2.24, 2.45) is 11.8 Å². The molecule has 5 rings (SSSR count). The molecule has 3 aliphatic heterocycles. The van der Waals surface area contributed by atoms with Gasteiger partial charge in [0.2, 0.25) is 0 Å². The zero-order valence-electron chi connectivity index (χ0n) is 13.4. The van der Waals surface area contributed by atoms with Crippen molar-refractivity contribution in [2.45, 2.75) is 19.8 Å². The Bertz CT molecular complexity index is 669. The highest BCUT2D eigenvalue weighted by Gasteiger charge is 2.32. The van der Waals surface area contributed by atoms with Crippen LogP contribution in [0, 0.1) is 18.8 Å². The van der Waals surface area contributed by atoms with Gasteiger partial charge in [0.25, 0.3) is 0 Å². The summed E-state index contributed by atoms with van der Waals surface area (Å²) in [6, 6.07) is 10.4. The fraction of sp³-hybridized carbons (Fsp3) is 0.421. The smallest absolute Gasteiger partial charge is 0.159 e. The van der Waals surface area contributed by atoms with E-state index in [-0.39, 0.29) is 12.4 Å². The lowest BCUT2D eigenvalue weighted by atomic mass is 9.79. The van der Waals surface area contributed by atoms with Crippen LogP contribution in [0.15, 0.2) is 40.9 Å². The number of fused-ring (bicyclic) bond motifs is 3. The lowest BCUT2D eigenvalue weighted by Gasteiger charge is -2.43. The number of piperidine rings is 3. The third-order valence-corrected chi connectivity index (χ3v) is 5.09. The Kier molecular flexibility index (Phi) is 4.88. The highest BCUT2D eigenvalue weighted by molar-refractivity contribution is 5.85. The molecular weight excluding hydrogens is 308 g/mol. The van der Waals surface area contributed by atoms with Crippen LogP contribution >= 0.6 is 12.4 Å². The molecule has 23 heavy (non-hydrogen) atoms. The van der Waals surface area contributed by atoms with Crippen LogP contribution in [-0.4, -0.2) is 29.7 Å². The predicted octanol–water partition coefficient (Wildman–Crippen LogP) is 4.43. The van der Waals surface area contributed by atoms with E-state index in [1.807, 2.05) is 6.07 Å². The normalized spacial score (nSPS) is 26.4. The molecule has 0 radical (unpaired) electrons. The SMILES string of the molecule is Cc1ccc(-c2cc(C=CC3CN4CCC3CC4)on2)cc1.Cl. The number of hydrogen-bond donors (Lipinski definition) is 0. The highest BCUT2D eigenvalue weighted by Crippen LogP contribution is 2.33. The lowest BCUT2D eigenvalue weighted by molar-refractivity contribution is 0.0739. The van der Waals surface area contributed by atoms with Gasteiger partial charge in [-0.1, -0.05) is 41.1 Å². The molecule has 0 saturated carbocycles. The molecule has 1 unspecified atom stereocenters. The Morgan fingerprint density at radius 1 is 1.17 bits per heavy atom. The fourth-order valence-electron chi connectivity index (χ4n) is 3.68.